The van der Waals surface area contributed by atoms with E-state index in [1.807, 2.05) is 18.2 Å². The molecular weight excluding hydrogens is 166 g/mol. The lowest BCUT2D eigenvalue weighted by Crippen LogP contribution is -2.02. The molecule has 1 aliphatic rings. The molecule has 0 saturated heterocycles. The fourth-order valence-electron chi connectivity index (χ4n) is 1.69. The van der Waals surface area contributed by atoms with E-state index in [4.69, 9.17) is 15.6 Å². The lowest BCUT2D eigenvalue weighted by atomic mass is 9.98. The van der Waals surface area contributed by atoms with Gasteiger partial charge in [0.2, 0.25) is 0 Å². The number of anilines is 1. The minimum Gasteiger partial charge on any atom is -0.493 e. The summed E-state index contributed by atoms with van der Waals surface area (Å²) in [7, 11) is 0. The standard InChI is InChI=1S/C10H13NO2/c11-8-1-2-10-9(5-8)7(3-4-12)6-13-10/h1-2,5,7,12H,3-4,6,11H2. The van der Waals surface area contributed by atoms with E-state index < -0.39 is 0 Å². The Labute approximate surface area is 77.1 Å². The maximum atomic E-state index is 8.83. The summed E-state index contributed by atoms with van der Waals surface area (Å²) >= 11 is 0. The lowest BCUT2D eigenvalue weighted by Gasteiger charge is -2.05. The molecule has 13 heavy (non-hydrogen) atoms. The Hall–Kier alpha value is -1.22. The van der Waals surface area contributed by atoms with E-state index in [9.17, 15) is 0 Å². The molecule has 0 aromatic heterocycles. The molecule has 3 heteroatoms. The van der Waals surface area contributed by atoms with Crippen molar-refractivity contribution in [2.75, 3.05) is 18.9 Å². The topological polar surface area (TPSA) is 55.5 Å². The Morgan fingerprint density at radius 1 is 1.54 bits per heavy atom. The van der Waals surface area contributed by atoms with Crippen molar-refractivity contribution in [3.8, 4) is 5.75 Å². The zero-order chi connectivity index (χ0) is 9.26. The highest BCUT2D eigenvalue weighted by Gasteiger charge is 2.23. The van der Waals surface area contributed by atoms with Gasteiger partial charge in [0.15, 0.2) is 0 Å². The van der Waals surface area contributed by atoms with Gasteiger partial charge in [-0.2, -0.15) is 0 Å². The van der Waals surface area contributed by atoms with Crippen molar-refractivity contribution in [1.82, 2.24) is 0 Å². The van der Waals surface area contributed by atoms with Crippen LogP contribution in [0, 0.1) is 0 Å². The van der Waals surface area contributed by atoms with E-state index in [-0.39, 0.29) is 6.61 Å². The molecule has 70 valence electrons. The number of nitrogens with two attached hydrogens (primary N) is 1. The van der Waals surface area contributed by atoms with E-state index in [0.717, 1.165) is 23.4 Å². The van der Waals surface area contributed by atoms with Gasteiger partial charge < -0.3 is 15.6 Å². The summed E-state index contributed by atoms with van der Waals surface area (Å²) in [6.45, 7) is 0.863. The quantitative estimate of drug-likeness (QED) is 0.669. The summed E-state index contributed by atoms with van der Waals surface area (Å²) in [6, 6.07) is 5.66. The number of aliphatic hydroxyl groups is 1. The molecule has 1 atom stereocenters. The Bertz CT molecular complexity index is 310. The predicted octanol–water partition coefficient (Wildman–Crippen LogP) is 1.13. The molecule has 3 N–H and O–H groups in total. The summed E-state index contributed by atoms with van der Waals surface area (Å²) in [4.78, 5) is 0. The van der Waals surface area contributed by atoms with Crippen LogP contribution in [0.5, 0.6) is 5.75 Å². The molecule has 1 aromatic carbocycles. The van der Waals surface area contributed by atoms with Gasteiger partial charge in [0.1, 0.15) is 5.75 Å². The molecule has 0 bridgehead atoms. The minimum absolute atomic E-state index is 0.197. The SMILES string of the molecule is Nc1ccc2c(c1)C(CCO)CO2. The van der Waals surface area contributed by atoms with Crippen LogP contribution in [-0.2, 0) is 0 Å². The van der Waals surface area contributed by atoms with Gasteiger partial charge >= 0.3 is 0 Å². The van der Waals surface area contributed by atoms with E-state index >= 15 is 0 Å². The first-order chi connectivity index (χ1) is 6.31. The third kappa shape index (κ3) is 1.47. The number of fused-ring (bicyclic) bond motifs is 1. The highest BCUT2D eigenvalue weighted by molar-refractivity contribution is 5.51. The monoisotopic (exact) mass is 179 g/mol. The van der Waals surface area contributed by atoms with E-state index in [1.54, 1.807) is 0 Å². The molecule has 1 unspecified atom stereocenters. The Morgan fingerprint density at radius 2 is 2.38 bits per heavy atom. The zero-order valence-electron chi connectivity index (χ0n) is 7.36. The van der Waals surface area contributed by atoms with Gasteiger partial charge in [-0.15, -0.1) is 0 Å². The first-order valence-corrected chi connectivity index (χ1v) is 4.44. The zero-order valence-corrected chi connectivity index (χ0v) is 7.36. The van der Waals surface area contributed by atoms with E-state index in [1.165, 1.54) is 0 Å². The molecule has 0 aliphatic carbocycles. The van der Waals surface area contributed by atoms with Crippen LogP contribution < -0.4 is 10.5 Å². The average Bonchev–Trinajstić information content (AvgIpc) is 2.49. The van der Waals surface area contributed by atoms with Crippen LogP contribution in [0.3, 0.4) is 0 Å². The first-order valence-electron chi connectivity index (χ1n) is 4.44. The second-order valence-electron chi connectivity index (χ2n) is 3.32. The lowest BCUT2D eigenvalue weighted by molar-refractivity contribution is 0.254. The number of aliphatic hydroxyl groups excluding tert-OH is 1. The van der Waals surface area contributed by atoms with Crippen LogP contribution in [0.4, 0.5) is 5.69 Å². The van der Waals surface area contributed by atoms with Crippen molar-refractivity contribution in [3.05, 3.63) is 23.8 Å². The van der Waals surface area contributed by atoms with Crippen LogP contribution in [0.25, 0.3) is 0 Å². The van der Waals surface area contributed by atoms with Crippen molar-refractivity contribution in [2.24, 2.45) is 0 Å². The molecular formula is C10H13NO2. The fraction of sp³-hybridized carbons (Fsp3) is 0.400. The summed E-state index contributed by atoms with van der Waals surface area (Å²) in [5.41, 5.74) is 7.56. The second kappa shape index (κ2) is 3.26. The Morgan fingerprint density at radius 3 is 3.15 bits per heavy atom. The van der Waals surface area contributed by atoms with Crippen LogP contribution >= 0.6 is 0 Å². The van der Waals surface area contributed by atoms with Crippen LogP contribution in [0.2, 0.25) is 0 Å². The molecule has 0 radical (unpaired) electrons. The van der Waals surface area contributed by atoms with E-state index in [0.29, 0.717) is 12.5 Å². The molecule has 1 heterocycles. The van der Waals surface area contributed by atoms with Crippen molar-refractivity contribution >= 4 is 5.69 Å². The van der Waals surface area contributed by atoms with Gasteiger partial charge in [-0.25, -0.2) is 0 Å². The summed E-state index contributed by atoms with van der Waals surface area (Å²) in [5.74, 6) is 1.22. The van der Waals surface area contributed by atoms with Gasteiger partial charge in [-0.05, 0) is 24.6 Å². The van der Waals surface area contributed by atoms with Gasteiger partial charge in [-0.1, -0.05) is 0 Å². The average molecular weight is 179 g/mol. The third-order valence-corrected chi connectivity index (χ3v) is 2.39. The maximum absolute atomic E-state index is 8.83. The number of hydrogen-bond acceptors (Lipinski definition) is 3. The molecule has 1 aliphatic heterocycles. The van der Waals surface area contributed by atoms with Crippen LogP contribution in [0.1, 0.15) is 17.9 Å². The van der Waals surface area contributed by atoms with Gasteiger partial charge in [0.25, 0.3) is 0 Å². The van der Waals surface area contributed by atoms with Crippen molar-refractivity contribution in [2.45, 2.75) is 12.3 Å². The molecule has 3 nitrogen and oxygen atoms in total. The van der Waals surface area contributed by atoms with Crippen molar-refractivity contribution in [1.29, 1.82) is 0 Å². The predicted molar refractivity (Wildman–Crippen MR) is 50.8 cm³/mol. The summed E-state index contributed by atoms with van der Waals surface area (Å²) in [5, 5.41) is 8.83. The molecule has 0 amide bonds. The number of hydrogen-bond donors (Lipinski definition) is 2. The highest BCUT2D eigenvalue weighted by Crippen LogP contribution is 2.36. The Balaban J connectivity index is 2.29. The molecule has 1 aromatic rings. The van der Waals surface area contributed by atoms with Gasteiger partial charge in [-0.3, -0.25) is 0 Å². The number of benzene rings is 1. The normalized spacial score (nSPS) is 19.6. The maximum Gasteiger partial charge on any atom is 0.123 e. The summed E-state index contributed by atoms with van der Waals surface area (Å²) in [6.07, 6.45) is 0.746. The minimum atomic E-state index is 0.197. The van der Waals surface area contributed by atoms with E-state index in [2.05, 4.69) is 0 Å². The number of rotatable bonds is 2. The smallest absolute Gasteiger partial charge is 0.123 e. The number of ether oxygens (including phenoxy) is 1. The second-order valence-corrected chi connectivity index (χ2v) is 3.32. The third-order valence-electron chi connectivity index (χ3n) is 2.39. The summed E-state index contributed by atoms with van der Waals surface area (Å²) < 4.78 is 5.45. The van der Waals surface area contributed by atoms with Crippen LogP contribution in [-0.4, -0.2) is 18.3 Å². The largest absolute Gasteiger partial charge is 0.493 e. The molecule has 0 saturated carbocycles. The molecule has 0 spiro atoms. The molecule has 2 rings (SSSR count). The molecule has 0 fully saturated rings. The first kappa shape index (κ1) is 8.38. The number of nitrogen functional groups attached to an aromatic ring is 1. The van der Waals surface area contributed by atoms with Crippen molar-refractivity contribution in [3.63, 3.8) is 0 Å². The van der Waals surface area contributed by atoms with Crippen LogP contribution in [0.15, 0.2) is 18.2 Å². The van der Waals surface area contributed by atoms with Crippen molar-refractivity contribution < 1.29 is 9.84 Å². The van der Waals surface area contributed by atoms with Gasteiger partial charge in [0, 0.05) is 23.8 Å². The highest BCUT2D eigenvalue weighted by atomic mass is 16.5. The van der Waals surface area contributed by atoms with Gasteiger partial charge in [0.05, 0.1) is 6.61 Å². The Kier molecular flexibility index (Phi) is 2.10. The fourth-order valence-corrected chi connectivity index (χ4v) is 1.69.